The molecule has 2 heterocycles. The average molecular weight is 367 g/mol. The predicted octanol–water partition coefficient (Wildman–Crippen LogP) is 4.83. The van der Waals surface area contributed by atoms with Gasteiger partial charge in [0.15, 0.2) is 10.9 Å². The predicted molar refractivity (Wildman–Crippen MR) is 105 cm³/mol. The van der Waals surface area contributed by atoms with E-state index in [1.807, 2.05) is 19.2 Å². The monoisotopic (exact) mass is 367 g/mol. The van der Waals surface area contributed by atoms with Crippen molar-refractivity contribution >= 4 is 28.2 Å². The first-order valence-corrected chi connectivity index (χ1v) is 9.20. The molecule has 1 aromatic carbocycles. The van der Waals surface area contributed by atoms with Gasteiger partial charge in [-0.05, 0) is 51.8 Å². The minimum atomic E-state index is -0.292. The van der Waals surface area contributed by atoms with Crippen molar-refractivity contribution in [3.8, 4) is 11.3 Å². The van der Waals surface area contributed by atoms with E-state index < -0.39 is 0 Å². The number of nitrogens with zero attached hydrogens (tertiary/aromatic N) is 1. The normalized spacial score (nSPS) is 10.8. The van der Waals surface area contributed by atoms with Gasteiger partial charge in [0.05, 0.1) is 5.69 Å². The molecule has 0 unspecified atom stereocenters. The molecule has 2 aromatic heterocycles. The molecule has 6 heteroatoms. The Kier molecular flexibility index (Phi) is 4.78. The molecule has 2 N–H and O–H groups in total. The van der Waals surface area contributed by atoms with Gasteiger partial charge in [0.1, 0.15) is 5.69 Å². The number of carbonyl (C=O) groups excluding carboxylic acids is 2. The molecule has 3 rings (SSSR count). The summed E-state index contributed by atoms with van der Waals surface area (Å²) in [5.74, 6) is -0.346. The molecule has 0 aliphatic carbocycles. The lowest BCUT2D eigenvalue weighted by atomic mass is 10.0. The first-order valence-electron chi connectivity index (χ1n) is 8.32. The molecule has 0 saturated heterocycles. The fourth-order valence-electron chi connectivity index (χ4n) is 3.13. The first kappa shape index (κ1) is 18.1. The van der Waals surface area contributed by atoms with Crippen LogP contribution >= 0.6 is 11.3 Å². The van der Waals surface area contributed by atoms with Crippen LogP contribution in [-0.4, -0.2) is 21.7 Å². The summed E-state index contributed by atoms with van der Waals surface area (Å²) >= 11 is 1.38. The Bertz CT molecular complexity index is 1010. The lowest BCUT2D eigenvalue weighted by Gasteiger charge is -2.04. The number of thiazole rings is 1. The maximum absolute atomic E-state index is 12.6. The standard InChI is InChI=1S/C20H21N3O2S/c1-10-6-7-11(2)15(8-10)16-9-26-20(22-16)23-19(25)18-12(3)17(14(5)24)13(4)21-18/h6-9,21H,1-5H3,(H,22,23,25). The summed E-state index contributed by atoms with van der Waals surface area (Å²) in [6.45, 7) is 9.16. The van der Waals surface area contributed by atoms with Crippen molar-refractivity contribution in [3.63, 3.8) is 0 Å². The lowest BCUT2D eigenvalue weighted by Crippen LogP contribution is -2.13. The summed E-state index contributed by atoms with van der Waals surface area (Å²) in [4.78, 5) is 31.9. The topological polar surface area (TPSA) is 74.8 Å². The number of amides is 1. The Morgan fingerprint density at radius 3 is 2.54 bits per heavy atom. The highest BCUT2D eigenvalue weighted by Gasteiger charge is 2.20. The molecule has 0 aliphatic rings. The van der Waals surface area contributed by atoms with E-state index in [0.29, 0.717) is 27.6 Å². The van der Waals surface area contributed by atoms with Crippen LogP contribution in [-0.2, 0) is 0 Å². The quantitative estimate of drug-likeness (QED) is 0.649. The zero-order valence-corrected chi connectivity index (χ0v) is 16.3. The number of nitrogens with one attached hydrogen (secondary N) is 2. The highest BCUT2D eigenvalue weighted by atomic mass is 32.1. The van der Waals surface area contributed by atoms with Crippen molar-refractivity contribution < 1.29 is 9.59 Å². The van der Waals surface area contributed by atoms with Crippen LogP contribution in [0.5, 0.6) is 0 Å². The third kappa shape index (κ3) is 3.32. The molecule has 0 fully saturated rings. The summed E-state index contributed by atoms with van der Waals surface area (Å²) in [6, 6.07) is 6.22. The molecule has 0 atom stereocenters. The van der Waals surface area contributed by atoms with E-state index in [2.05, 4.69) is 33.5 Å². The molecule has 134 valence electrons. The van der Waals surface area contributed by atoms with Crippen molar-refractivity contribution in [2.75, 3.05) is 5.32 Å². The van der Waals surface area contributed by atoms with Crippen LogP contribution in [0.2, 0.25) is 0 Å². The summed E-state index contributed by atoms with van der Waals surface area (Å²) in [6.07, 6.45) is 0. The third-order valence-corrected chi connectivity index (χ3v) is 5.17. The van der Waals surface area contributed by atoms with Crippen molar-refractivity contribution in [2.45, 2.75) is 34.6 Å². The number of Topliss-reactive ketones (excluding diaryl/α,β-unsaturated/α-hetero) is 1. The first-order chi connectivity index (χ1) is 12.3. The van der Waals surface area contributed by atoms with E-state index in [9.17, 15) is 9.59 Å². The molecular formula is C20H21N3O2S. The van der Waals surface area contributed by atoms with E-state index in [-0.39, 0.29) is 11.7 Å². The smallest absolute Gasteiger partial charge is 0.274 e. The number of aromatic amines is 1. The summed E-state index contributed by atoms with van der Waals surface area (Å²) in [5, 5.41) is 5.29. The van der Waals surface area contributed by atoms with Gasteiger partial charge < -0.3 is 4.98 Å². The van der Waals surface area contributed by atoms with Gasteiger partial charge in [0.2, 0.25) is 0 Å². The van der Waals surface area contributed by atoms with E-state index in [1.165, 1.54) is 23.8 Å². The lowest BCUT2D eigenvalue weighted by molar-refractivity contribution is 0.101. The van der Waals surface area contributed by atoms with Crippen molar-refractivity contribution in [2.24, 2.45) is 0 Å². The van der Waals surface area contributed by atoms with Gasteiger partial charge in [-0.15, -0.1) is 11.3 Å². The number of hydrogen-bond acceptors (Lipinski definition) is 4. The summed E-state index contributed by atoms with van der Waals surface area (Å²) < 4.78 is 0. The minimum absolute atomic E-state index is 0.0539. The maximum Gasteiger partial charge on any atom is 0.274 e. The largest absolute Gasteiger partial charge is 0.354 e. The molecule has 0 saturated carbocycles. The van der Waals surface area contributed by atoms with Gasteiger partial charge in [-0.25, -0.2) is 4.98 Å². The Morgan fingerprint density at radius 1 is 1.15 bits per heavy atom. The van der Waals surface area contributed by atoms with Gasteiger partial charge in [0.25, 0.3) is 5.91 Å². The van der Waals surface area contributed by atoms with Crippen molar-refractivity contribution in [3.05, 3.63) is 57.2 Å². The second kappa shape index (κ2) is 6.88. The van der Waals surface area contributed by atoms with Gasteiger partial charge >= 0.3 is 0 Å². The van der Waals surface area contributed by atoms with E-state index in [1.54, 1.807) is 13.8 Å². The fraction of sp³-hybridized carbons (Fsp3) is 0.250. The zero-order valence-electron chi connectivity index (χ0n) is 15.5. The Hall–Kier alpha value is -2.73. The van der Waals surface area contributed by atoms with Crippen LogP contribution in [0.4, 0.5) is 5.13 Å². The number of anilines is 1. The number of ketones is 1. The van der Waals surface area contributed by atoms with Crippen molar-refractivity contribution in [1.82, 2.24) is 9.97 Å². The molecule has 0 radical (unpaired) electrons. The van der Waals surface area contributed by atoms with Crippen LogP contribution in [0.1, 0.15) is 50.2 Å². The maximum atomic E-state index is 12.6. The number of benzene rings is 1. The summed E-state index contributed by atoms with van der Waals surface area (Å²) in [5.41, 5.74) is 6.55. The number of carbonyl (C=O) groups is 2. The molecule has 1 amide bonds. The number of hydrogen-bond donors (Lipinski definition) is 2. The number of aromatic nitrogens is 2. The number of aryl methyl sites for hydroxylation is 3. The van der Waals surface area contributed by atoms with E-state index >= 15 is 0 Å². The molecule has 5 nitrogen and oxygen atoms in total. The number of H-pyrrole nitrogens is 1. The van der Waals surface area contributed by atoms with Crippen LogP contribution in [0, 0.1) is 27.7 Å². The molecule has 0 aliphatic heterocycles. The second-order valence-electron chi connectivity index (χ2n) is 6.49. The van der Waals surface area contributed by atoms with Gasteiger partial charge in [0, 0.05) is 22.2 Å². The minimum Gasteiger partial charge on any atom is -0.354 e. The highest BCUT2D eigenvalue weighted by Crippen LogP contribution is 2.29. The van der Waals surface area contributed by atoms with Crippen molar-refractivity contribution in [1.29, 1.82) is 0 Å². The van der Waals surface area contributed by atoms with E-state index in [0.717, 1.165) is 16.8 Å². The average Bonchev–Trinajstić information content (AvgIpc) is 3.14. The van der Waals surface area contributed by atoms with E-state index in [4.69, 9.17) is 0 Å². The molecule has 0 bridgehead atoms. The van der Waals surface area contributed by atoms with Gasteiger partial charge in [-0.1, -0.05) is 17.7 Å². The number of rotatable bonds is 4. The van der Waals surface area contributed by atoms with Gasteiger partial charge in [-0.3, -0.25) is 14.9 Å². The van der Waals surface area contributed by atoms with Crippen LogP contribution in [0.3, 0.4) is 0 Å². The zero-order chi connectivity index (χ0) is 19.0. The Balaban J connectivity index is 1.86. The summed E-state index contributed by atoms with van der Waals surface area (Å²) in [7, 11) is 0. The fourth-order valence-corrected chi connectivity index (χ4v) is 3.84. The second-order valence-corrected chi connectivity index (χ2v) is 7.35. The van der Waals surface area contributed by atoms with Gasteiger partial charge in [-0.2, -0.15) is 0 Å². The molecule has 3 aromatic rings. The highest BCUT2D eigenvalue weighted by molar-refractivity contribution is 7.14. The molecule has 26 heavy (non-hydrogen) atoms. The van der Waals surface area contributed by atoms with Crippen LogP contribution < -0.4 is 5.32 Å². The Morgan fingerprint density at radius 2 is 1.88 bits per heavy atom. The third-order valence-electron chi connectivity index (χ3n) is 4.41. The SMILES string of the molecule is CC(=O)c1c(C)[nH]c(C(=O)Nc2nc(-c3cc(C)ccc3C)cs2)c1C. The Labute approximate surface area is 156 Å². The van der Waals surface area contributed by atoms with Crippen LogP contribution in [0.15, 0.2) is 23.6 Å². The van der Waals surface area contributed by atoms with Crippen LogP contribution in [0.25, 0.3) is 11.3 Å². The molecular weight excluding hydrogens is 346 g/mol. The molecule has 0 spiro atoms.